The molecule has 0 radical (unpaired) electrons. The van der Waals surface area contributed by atoms with Crippen LogP contribution in [0.4, 0.5) is 31.1 Å². The lowest BCUT2D eigenvalue weighted by Crippen LogP contribution is -2.30. The molecule has 0 aliphatic carbocycles. The van der Waals surface area contributed by atoms with Gasteiger partial charge in [0, 0.05) is 11.4 Å². The number of nitrogens with one attached hydrogen (secondary N) is 2. The quantitative estimate of drug-likeness (QED) is 0.551. The number of hydrogen-bond donors (Lipinski definition) is 2. The molecule has 140 valence electrons. The summed E-state index contributed by atoms with van der Waals surface area (Å²) < 4.78 is 77.5. The minimum Gasteiger partial charge on any atom is -0.333 e. The molecule has 0 saturated heterocycles. The van der Waals surface area contributed by atoms with Crippen molar-refractivity contribution in [1.82, 2.24) is 10.0 Å². The molecule has 0 aromatic heterocycles. The van der Waals surface area contributed by atoms with Gasteiger partial charge >= 0.3 is 18.4 Å². The van der Waals surface area contributed by atoms with Crippen LogP contribution in [0.3, 0.4) is 0 Å². The van der Waals surface area contributed by atoms with Gasteiger partial charge in [0.05, 0.1) is 11.1 Å². The Kier molecular flexibility index (Phi) is 6.06. The maximum Gasteiger partial charge on any atom is 0.416 e. The Bertz CT molecular complexity index is 759. The summed E-state index contributed by atoms with van der Waals surface area (Å²) in [6.07, 6.45) is -8.92. The van der Waals surface area contributed by atoms with E-state index < -0.39 is 29.5 Å². The minimum absolute atomic E-state index is 0.136. The van der Waals surface area contributed by atoms with Crippen molar-refractivity contribution in [3.8, 4) is 0 Å². The molecule has 0 fully saturated rings. The second kappa shape index (κ2) is 7.90. The molecule has 26 heavy (non-hydrogen) atoms. The highest BCUT2D eigenvalue weighted by Gasteiger charge is 2.30. The van der Waals surface area contributed by atoms with Crippen LogP contribution in [0.1, 0.15) is 16.7 Å². The standard InChI is InChI=1S/C16H12F6N2OS/c17-15(18,19)11-4-6-13(7-5-11)26-24-14(25)23-9-10-2-1-3-12(8-10)16(20,21)22/h1-8H,9H2,(H2,23,24,25). The molecule has 0 saturated carbocycles. The summed E-state index contributed by atoms with van der Waals surface area (Å²) >= 11 is 0.781. The number of carbonyl (C=O) groups is 1. The van der Waals surface area contributed by atoms with E-state index in [0.717, 1.165) is 36.2 Å². The first kappa shape index (κ1) is 20.0. The second-order valence-corrected chi connectivity index (χ2v) is 5.99. The van der Waals surface area contributed by atoms with Gasteiger partial charge in [-0.1, -0.05) is 12.1 Å². The largest absolute Gasteiger partial charge is 0.416 e. The molecule has 2 aromatic rings. The second-order valence-electron chi connectivity index (χ2n) is 5.11. The van der Waals surface area contributed by atoms with Crippen LogP contribution in [0.5, 0.6) is 0 Å². The zero-order chi connectivity index (χ0) is 19.4. The molecule has 2 rings (SSSR count). The molecule has 0 aliphatic heterocycles. The molecule has 0 aliphatic rings. The SMILES string of the molecule is O=C(NCc1cccc(C(F)(F)F)c1)NSc1ccc(C(F)(F)F)cc1. The van der Waals surface area contributed by atoms with Crippen molar-refractivity contribution in [3.63, 3.8) is 0 Å². The van der Waals surface area contributed by atoms with Crippen molar-refractivity contribution in [2.24, 2.45) is 0 Å². The Hall–Kier alpha value is -2.36. The highest BCUT2D eigenvalue weighted by atomic mass is 32.2. The number of halogens is 6. The topological polar surface area (TPSA) is 41.1 Å². The van der Waals surface area contributed by atoms with Crippen LogP contribution in [0.15, 0.2) is 53.4 Å². The van der Waals surface area contributed by atoms with E-state index in [1.54, 1.807) is 0 Å². The highest BCUT2D eigenvalue weighted by Crippen LogP contribution is 2.30. The van der Waals surface area contributed by atoms with E-state index in [1.165, 1.54) is 24.3 Å². The number of alkyl halides is 6. The average Bonchev–Trinajstić information content (AvgIpc) is 2.57. The summed E-state index contributed by atoms with van der Waals surface area (Å²) in [5.41, 5.74) is -1.37. The summed E-state index contributed by atoms with van der Waals surface area (Å²) in [5.74, 6) is 0. The van der Waals surface area contributed by atoms with Crippen LogP contribution in [-0.4, -0.2) is 6.03 Å². The first-order valence-electron chi connectivity index (χ1n) is 7.10. The summed E-state index contributed by atoms with van der Waals surface area (Å²) in [7, 11) is 0. The van der Waals surface area contributed by atoms with Crippen molar-refractivity contribution in [1.29, 1.82) is 0 Å². The normalized spacial score (nSPS) is 11.9. The fourth-order valence-electron chi connectivity index (χ4n) is 1.89. The maximum absolute atomic E-state index is 12.6. The Morgan fingerprint density at radius 3 is 2.08 bits per heavy atom. The van der Waals surface area contributed by atoms with Crippen molar-refractivity contribution in [3.05, 3.63) is 65.2 Å². The highest BCUT2D eigenvalue weighted by molar-refractivity contribution is 7.98. The Balaban J connectivity index is 1.84. The Morgan fingerprint density at radius 2 is 1.50 bits per heavy atom. The first-order chi connectivity index (χ1) is 12.1. The van der Waals surface area contributed by atoms with Gasteiger partial charge in [-0.05, 0) is 53.9 Å². The van der Waals surface area contributed by atoms with Gasteiger partial charge in [0.2, 0.25) is 0 Å². The number of carbonyl (C=O) groups excluding carboxylic acids is 1. The number of benzene rings is 2. The maximum atomic E-state index is 12.6. The molecular weight excluding hydrogens is 382 g/mol. The van der Waals surface area contributed by atoms with Crippen LogP contribution < -0.4 is 10.0 Å². The smallest absolute Gasteiger partial charge is 0.333 e. The summed E-state index contributed by atoms with van der Waals surface area (Å²) in [6, 6.07) is 7.96. The zero-order valence-corrected chi connectivity index (χ0v) is 13.7. The molecule has 2 amide bonds. The van der Waals surface area contributed by atoms with Crippen molar-refractivity contribution < 1.29 is 31.1 Å². The van der Waals surface area contributed by atoms with Gasteiger partial charge in [-0.2, -0.15) is 26.3 Å². The zero-order valence-electron chi connectivity index (χ0n) is 12.9. The molecule has 0 atom stereocenters. The van der Waals surface area contributed by atoms with Gasteiger partial charge in [0.25, 0.3) is 0 Å². The lowest BCUT2D eigenvalue weighted by molar-refractivity contribution is -0.138. The third-order valence-corrected chi connectivity index (χ3v) is 3.95. The van der Waals surface area contributed by atoms with E-state index in [9.17, 15) is 31.1 Å². The predicted molar refractivity (Wildman–Crippen MR) is 84.1 cm³/mol. The molecule has 2 N–H and O–H groups in total. The molecule has 0 unspecified atom stereocenters. The molecular formula is C16H12F6N2OS. The third kappa shape index (κ3) is 5.87. The molecule has 3 nitrogen and oxygen atoms in total. The van der Waals surface area contributed by atoms with Crippen molar-refractivity contribution in [2.75, 3.05) is 0 Å². The lowest BCUT2D eigenvalue weighted by Gasteiger charge is -2.10. The fraction of sp³-hybridized carbons (Fsp3) is 0.188. The lowest BCUT2D eigenvalue weighted by atomic mass is 10.1. The Labute approximate surface area is 148 Å². The molecule has 0 bridgehead atoms. The molecule has 0 spiro atoms. The fourth-order valence-corrected chi connectivity index (χ4v) is 2.45. The number of rotatable bonds is 4. The van der Waals surface area contributed by atoms with E-state index in [-0.39, 0.29) is 12.1 Å². The first-order valence-corrected chi connectivity index (χ1v) is 7.91. The van der Waals surface area contributed by atoms with E-state index in [4.69, 9.17) is 0 Å². The van der Waals surface area contributed by atoms with Gasteiger partial charge < -0.3 is 5.32 Å². The molecule has 0 heterocycles. The van der Waals surface area contributed by atoms with Crippen molar-refractivity contribution >= 4 is 18.0 Å². The average molecular weight is 394 g/mol. The van der Waals surface area contributed by atoms with Crippen LogP contribution in [0, 0.1) is 0 Å². The monoisotopic (exact) mass is 394 g/mol. The van der Waals surface area contributed by atoms with Crippen molar-refractivity contribution in [2.45, 2.75) is 23.8 Å². The van der Waals surface area contributed by atoms with Crippen LogP contribution >= 0.6 is 11.9 Å². The van der Waals surface area contributed by atoms with Crippen LogP contribution in [-0.2, 0) is 18.9 Å². The third-order valence-electron chi connectivity index (χ3n) is 3.15. The summed E-state index contributed by atoms with van der Waals surface area (Å²) in [5, 5.41) is 2.37. The number of amides is 2. The van der Waals surface area contributed by atoms with E-state index in [2.05, 4.69) is 10.0 Å². The van der Waals surface area contributed by atoms with Gasteiger partial charge in [-0.25, -0.2) is 4.79 Å². The van der Waals surface area contributed by atoms with E-state index in [1.807, 2.05) is 0 Å². The van der Waals surface area contributed by atoms with Gasteiger partial charge in [0.15, 0.2) is 0 Å². The van der Waals surface area contributed by atoms with Gasteiger partial charge in [0.1, 0.15) is 0 Å². The summed E-state index contributed by atoms with van der Waals surface area (Å²) in [4.78, 5) is 12.0. The molecule has 10 heteroatoms. The van der Waals surface area contributed by atoms with E-state index >= 15 is 0 Å². The van der Waals surface area contributed by atoms with Gasteiger partial charge in [-0.15, -0.1) is 0 Å². The van der Waals surface area contributed by atoms with Crippen LogP contribution in [0.2, 0.25) is 0 Å². The Morgan fingerprint density at radius 1 is 0.885 bits per heavy atom. The summed E-state index contributed by atoms with van der Waals surface area (Å²) in [6.45, 7) is -0.136. The number of urea groups is 1. The van der Waals surface area contributed by atoms with Crippen LogP contribution in [0.25, 0.3) is 0 Å². The predicted octanol–water partition coefficient (Wildman–Crippen LogP) is 5.23. The minimum atomic E-state index is -4.48. The number of hydrogen-bond acceptors (Lipinski definition) is 2. The van der Waals surface area contributed by atoms with Gasteiger partial charge in [-0.3, -0.25) is 4.72 Å². The van der Waals surface area contributed by atoms with E-state index in [0.29, 0.717) is 4.90 Å². The molecule has 2 aromatic carbocycles.